The van der Waals surface area contributed by atoms with Gasteiger partial charge in [-0.3, -0.25) is 0 Å². The van der Waals surface area contributed by atoms with Crippen LogP contribution in [0.3, 0.4) is 0 Å². The summed E-state index contributed by atoms with van der Waals surface area (Å²) in [6.45, 7) is 2.08. The number of nitrogens with two attached hydrogens (primary N) is 1. The Morgan fingerprint density at radius 1 is 1.43 bits per heavy atom. The summed E-state index contributed by atoms with van der Waals surface area (Å²) in [5.74, 6) is 0. The first-order valence-electron chi connectivity index (χ1n) is 4.15. The highest BCUT2D eigenvalue weighted by Crippen LogP contribution is 2.32. The summed E-state index contributed by atoms with van der Waals surface area (Å²) in [5, 5.41) is 0.611. The molecule has 1 heterocycles. The summed E-state index contributed by atoms with van der Waals surface area (Å²) < 4.78 is 1.11. The number of aromatic nitrogens is 1. The minimum absolute atomic E-state index is 0.611. The van der Waals surface area contributed by atoms with E-state index >= 15 is 0 Å². The van der Waals surface area contributed by atoms with Crippen molar-refractivity contribution >= 4 is 32.4 Å². The van der Waals surface area contributed by atoms with E-state index in [4.69, 9.17) is 5.73 Å². The Bertz CT molecular complexity index is 465. The SMILES string of the molecule is Cc1c(Br)cccc1-c1cnc(N)s1. The second kappa shape index (κ2) is 3.71. The first kappa shape index (κ1) is 9.68. The van der Waals surface area contributed by atoms with Crippen LogP contribution < -0.4 is 5.73 Å². The van der Waals surface area contributed by atoms with E-state index < -0.39 is 0 Å². The van der Waals surface area contributed by atoms with Gasteiger partial charge in [0.25, 0.3) is 0 Å². The molecule has 0 amide bonds. The lowest BCUT2D eigenvalue weighted by molar-refractivity contribution is 1.40. The van der Waals surface area contributed by atoms with Gasteiger partial charge in [-0.15, -0.1) is 0 Å². The van der Waals surface area contributed by atoms with Gasteiger partial charge in [0.1, 0.15) is 0 Å². The first-order valence-corrected chi connectivity index (χ1v) is 5.76. The van der Waals surface area contributed by atoms with Crippen molar-refractivity contribution < 1.29 is 0 Å². The molecule has 0 aliphatic carbocycles. The second-order valence-corrected chi connectivity index (χ2v) is 4.89. The van der Waals surface area contributed by atoms with Crippen LogP contribution in [-0.4, -0.2) is 4.98 Å². The molecule has 14 heavy (non-hydrogen) atoms. The Morgan fingerprint density at radius 2 is 2.21 bits per heavy atom. The molecular weight excluding hydrogens is 260 g/mol. The summed E-state index contributed by atoms with van der Waals surface area (Å²) >= 11 is 5.01. The van der Waals surface area contributed by atoms with E-state index in [0.717, 1.165) is 9.35 Å². The normalized spacial score (nSPS) is 10.4. The van der Waals surface area contributed by atoms with Crippen LogP contribution in [0.2, 0.25) is 0 Å². The molecule has 2 rings (SSSR count). The van der Waals surface area contributed by atoms with Gasteiger partial charge in [-0.1, -0.05) is 39.4 Å². The van der Waals surface area contributed by atoms with Crippen LogP contribution in [0.1, 0.15) is 5.56 Å². The molecule has 72 valence electrons. The van der Waals surface area contributed by atoms with E-state index in [1.165, 1.54) is 22.5 Å². The van der Waals surface area contributed by atoms with E-state index in [1.54, 1.807) is 0 Å². The highest BCUT2D eigenvalue weighted by Gasteiger charge is 2.06. The molecule has 0 aliphatic heterocycles. The zero-order valence-corrected chi connectivity index (χ0v) is 10.0. The van der Waals surface area contributed by atoms with Crippen molar-refractivity contribution in [2.24, 2.45) is 0 Å². The zero-order chi connectivity index (χ0) is 10.1. The number of thiazole rings is 1. The molecule has 0 saturated heterocycles. The number of nitrogen functional groups attached to an aromatic ring is 1. The van der Waals surface area contributed by atoms with Gasteiger partial charge in [0, 0.05) is 10.7 Å². The predicted octanol–water partition coefficient (Wildman–Crippen LogP) is 3.46. The summed E-state index contributed by atoms with van der Waals surface area (Å²) in [6, 6.07) is 6.12. The van der Waals surface area contributed by atoms with E-state index in [0.29, 0.717) is 5.13 Å². The average Bonchev–Trinajstić information content (AvgIpc) is 2.57. The maximum atomic E-state index is 5.60. The summed E-state index contributed by atoms with van der Waals surface area (Å²) in [4.78, 5) is 5.16. The third-order valence-corrected chi connectivity index (χ3v) is 3.78. The van der Waals surface area contributed by atoms with Gasteiger partial charge in [-0.05, 0) is 24.1 Å². The van der Waals surface area contributed by atoms with Crippen LogP contribution in [0.25, 0.3) is 10.4 Å². The highest BCUT2D eigenvalue weighted by molar-refractivity contribution is 9.10. The van der Waals surface area contributed by atoms with E-state index in [9.17, 15) is 0 Å². The molecule has 2 aromatic rings. The Hall–Kier alpha value is -0.870. The quantitative estimate of drug-likeness (QED) is 0.861. The van der Waals surface area contributed by atoms with Crippen LogP contribution in [0.4, 0.5) is 5.13 Å². The van der Waals surface area contributed by atoms with Crippen LogP contribution in [0, 0.1) is 6.92 Å². The van der Waals surface area contributed by atoms with Crippen molar-refractivity contribution in [1.29, 1.82) is 0 Å². The van der Waals surface area contributed by atoms with Crippen LogP contribution in [0.15, 0.2) is 28.9 Å². The number of rotatable bonds is 1. The van der Waals surface area contributed by atoms with E-state index in [-0.39, 0.29) is 0 Å². The number of nitrogens with zero attached hydrogens (tertiary/aromatic N) is 1. The van der Waals surface area contributed by atoms with Crippen molar-refractivity contribution in [2.75, 3.05) is 5.73 Å². The lowest BCUT2D eigenvalue weighted by Gasteiger charge is -2.03. The minimum Gasteiger partial charge on any atom is -0.375 e. The van der Waals surface area contributed by atoms with Gasteiger partial charge in [-0.25, -0.2) is 4.98 Å². The lowest BCUT2D eigenvalue weighted by atomic mass is 10.1. The zero-order valence-electron chi connectivity index (χ0n) is 7.62. The molecule has 0 unspecified atom stereocenters. The fraction of sp³-hybridized carbons (Fsp3) is 0.100. The number of anilines is 1. The fourth-order valence-corrected chi connectivity index (χ4v) is 2.42. The summed E-state index contributed by atoms with van der Waals surface area (Å²) in [7, 11) is 0. The third kappa shape index (κ3) is 1.67. The molecule has 0 aliphatic rings. The maximum absolute atomic E-state index is 5.60. The first-order chi connectivity index (χ1) is 6.68. The number of benzene rings is 1. The maximum Gasteiger partial charge on any atom is 0.180 e. The molecule has 1 aromatic heterocycles. The van der Waals surface area contributed by atoms with Crippen molar-refractivity contribution in [2.45, 2.75) is 6.92 Å². The van der Waals surface area contributed by atoms with Crippen molar-refractivity contribution in [3.8, 4) is 10.4 Å². The molecule has 0 saturated carbocycles. The standard InChI is InChI=1S/C10H9BrN2S/c1-6-7(3-2-4-8(6)11)9-5-13-10(12)14-9/h2-5H,1H3,(H2,12,13). The number of halogens is 1. The fourth-order valence-electron chi connectivity index (χ4n) is 1.29. The Balaban J connectivity index is 2.57. The topological polar surface area (TPSA) is 38.9 Å². The lowest BCUT2D eigenvalue weighted by Crippen LogP contribution is -1.80. The van der Waals surface area contributed by atoms with Crippen molar-refractivity contribution in [3.05, 3.63) is 34.4 Å². The van der Waals surface area contributed by atoms with Crippen LogP contribution >= 0.6 is 27.3 Å². The molecule has 1 aromatic carbocycles. The monoisotopic (exact) mass is 268 g/mol. The smallest absolute Gasteiger partial charge is 0.180 e. The van der Waals surface area contributed by atoms with Gasteiger partial charge in [0.05, 0.1) is 4.88 Å². The molecule has 0 bridgehead atoms. The Morgan fingerprint density at radius 3 is 2.86 bits per heavy atom. The van der Waals surface area contributed by atoms with Crippen LogP contribution in [0.5, 0.6) is 0 Å². The molecule has 2 nitrogen and oxygen atoms in total. The number of hydrogen-bond donors (Lipinski definition) is 1. The Kier molecular flexibility index (Phi) is 2.56. The third-order valence-electron chi connectivity index (χ3n) is 2.06. The highest BCUT2D eigenvalue weighted by atomic mass is 79.9. The predicted molar refractivity (Wildman–Crippen MR) is 64.4 cm³/mol. The molecule has 4 heteroatoms. The second-order valence-electron chi connectivity index (χ2n) is 2.98. The van der Waals surface area contributed by atoms with Gasteiger partial charge >= 0.3 is 0 Å². The van der Waals surface area contributed by atoms with Gasteiger partial charge in [0.15, 0.2) is 5.13 Å². The average molecular weight is 269 g/mol. The molecule has 2 N–H and O–H groups in total. The molecule has 0 atom stereocenters. The van der Waals surface area contributed by atoms with Gasteiger partial charge in [0.2, 0.25) is 0 Å². The Labute approximate surface area is 94.9 Å². The van der Waals surface area contributed by atoms with Gasteiger partial charge < -0.3 is 5.73 Å². The van der Waals surface area contributed by atoms with E-state index in [1.807, 2.05) is 18.3 Å². The van der Waals surface area contributed by atoms with Crippen molar-refractivity contribution in [3.63, 3.8) is 0 Å². The molecular formula is C10H9BrN2S. The summed E-state index contributed by atoms with van der Waals surface area (Å²) in [6.07, 6.45) is 1.81. The summed E-state index contributed by atoms with van der Waals surface area (Å²) in [5.41, 5.74) is 8.01. The van der Waals surface area contributed by atoms with Gasteiger partial charge in [-0.2, -0.15) is 0 Å². The molecule has 0 spiro atoms. The number of hydrogen-bond acceptors (Lipinski definition) is 3. The van der Waals surface area contributed by atoms with Crippen LogP contribution in [-0.2, 0) is 0 Å². The minimum atomic E-state index is 0.611. The van der Waals surface area contributed by atoms with E-state index in [2.05, 4.69) is 33.9 Å². The largest absolute Gasteiger partial charge is 0.375 e. The van der Waals surface area contributed by atoms with Crippen molar-refractivity contribution in [1.82, 2.24) is 4.98 Å². The molecule has 0 fully saturated rings. The molecule has 0 radical (unpaired) electrons.